The molecule has 0 saturated heterocycles. The number of hydrogen-bond donors (Lipinski definition) is 2. The molecule has 0 spiro atoms. The van der Waals surface area contributed by atoms with Crippen LogP contribution >= 0.6 is 0 Å². The standard InChI is InChI=1S/C20H39F3N4O3.C2H6/c1-25(12-4-6-14-26(2)16-8-10-18(28)29)13-5-7-15-27(3)17-9-11-24-19(30)20(21,22)23;1-2/h4-17H2,1-3H3,(H,24,30)(H,28,29);1-2H3. The Morgan fingerprint density at radius 1 is 0.719 bits per heavy atom. The van der Waals surface area contributed by atoms with Crippen LogP contribution in [0.5, 0.6) is 0 Å². The van der Waals surface area contributed by atoms with Crippen molar-refractivity contribution in [1.82, 2.24) is 20.0 Å². The van der Waals surface area contributed by atoms with E-state index in [1.165, 1.54) is 0 Å². The first-order valence-electron chi connectivity index (χ1n) is 11.6. The highest BCUT2D eigenvalue weighted by Crippen LogP contribution is 2.13. The molecule has 0 aliphatic rings. The molecule has 0 rings (SSSR count). The van der Waals surface area contributed by atoms with E-state index >= 15 is 0 Å². The molecule has 0 aromatic rings. The number of unbranched alkanes of at least 4 members (excludes halogenated alkanes) is 2. The third kappa shape index (κ3) is 21.8. The van der Waals surface area contributed by atoms with E-state index in [1.807, 2.05) is 33.3 Å². The molecule has 0 fully saturated rings. The number of hydrogen-bond acceptors (Lipinski definition) is 5. The summed E-state index contributed by atoms with van der Waals surface area (Å²) in [5.74, 6) is -2.62. The van der Waals surface area contributed by atoms with Gasteiger partial charge in [0, 0.05) is 13.0 Å². The lowest BCUT2D eigenvalue weighted by molar-refractivity contribution is -0.173. The lowest BCUT2D eigenvalue weighted by atomic mass is 10.2. The Balaban J connectivity index is 0. The highest BCUT2D eigenvalue weighted by Gasteiger charge is 2.38. The fourth-order valence-electron chi connectivity index (χ4n) is 3.01. The van der Waals surface area contributed by atoms with E-state index in [1.54, 1.807) is 0 Å². The maximum Gasteiger partial charge on any atom is 0.471 e. The number of halogens is 3. The minimum Gasteiger partial charge on any atom is -0.481 e. The Kier molecular flexibility index (Phi) is 20.7. The van der Waals surface area contributed by atoms with Gasteiger partial charge in [0.25, 0.3) is 0 Å². The van der Waals surface area contributed by atoms with E-state index < -0.39 is 18.1 Å². The Hall–Kier alpha value is -1.39. The number of amides is 1. The number of aliphatic carboxylic acids is 1. The Labute approximate surface area is 192 Å². The molecule has 0 aliphatic heterocycles. The van der Waals surface area contributed by atoms with Crippen molar-refractivity contribution >= 4 is 11.9 Å². The average molecular weight is 471 g/mol. The zero-order valence-electron chi connectivity index (χ0n) is 20.6. The monoisotopic (exact) mass is 470 g/mol. The molecule has 0 heterocycles. The van der Waals surface area contributed by atoms with Crippen LogP contribution in [-0.4, -0.2) is 105 Å². The number of nitrogens with zero attached hydrogens (tertiary/aromatic N) is 3. The molecule has 10 heteroatoms. The summed E-state index contributed by atoms with van der Waals surface area (Å²) >= 11 is 0. The SMILES string of the molecule is CC.CN(CCCCN(C)CCCNC(=O)C(F)(F)F)CCCCN(C)CCCC(=O)O. The van der Waals surface area contributed by atoms with Crippen LogP contribution in [0.15, 0.2) is 0 Å². The van der Waals surface area contributed by atoms with Crippen LogP contribution in [0.2, 0.25) is 0 Å². The maximum atomic E-state index is 12.1. The first-order valence-corrected chi connectivity index (χ1v) is 11.6. The number of carboxylic acid groups (broad SMARTS) is 1. The fourth-order valence-corrected chi connectivity index (χ4v) is 3.01. The van der Waals surface area contributed by atoms with Gasteiger partial charge in [0.05, 0.1) is 0 Å². The predicted molar refractivity (Wildman–Crippen MR) is 123 cm³/mol. The van der Waals surface area contributed by atoms with Crippen molar-refractivity contribution in [2.75, 3.05) is 67.0 Å². The third-order valence-corrected chi connectivity index (χ3v) is 4.85. The van der Waals surface area contributed by atoms with Gasteiger partial charge in [-0.3, -0.25) is 9.59 Å². The van der Waals surface area contributed by atoms with Gasteiger partial charge in [0.2, 0.25) is 0 Å². The van der Waals surface area contributed by atoms with E-state index in [-0.39, 0.29) is 13.0 Å². The van der Waals surface area contributed by atoms with Crippen LogP contribution in [0.3, 0.4) is 0 Å². The molecule has 0 aromatic carbocycles. The van der Waals surface area contributed by atoms with Crippen molar-refractivity contribution in [2.45, 2.75) is 65.0 Å². The van der Waals surface area contributed by atoms with Crippen LogP contribution in [-0.2, 0) is 9.59 Å². The van der Waals surface area contributed by atoms with Crippen LogP contribution in [0.25, 0.3) is 0 Å². The molecule has 192 valence electrons. The highest BCUT2D eigenvalue weighted by atomic mass is 19.4. The summed E-state index contributed by atoms with van der Waals surface area (Å²) in [5.41, 5.74) is 0. The minimum atomic E-state index is -4.81. The van der Waals surface area contributed by atoms with E-state index in [0.29, 0.717) is 19.4 Å². The quantitative estimate of drug-likeness (QED) is 0.300. The molecule has 0 saturated carbocycles. The predicted octanol–water partition coefficient (Wildman–Crippen LogP) is 3.30. The molecule has 0 aliphatic carbocycles. The van der Waals surface area contributed by atoms with Crippen molar-refractivity contribution in [3.05, 3.63) is 0 Å². The maximum absolute atomic E-state index is 12.1. The molecule has 7 nitrogen and oxygen atoms in total. The van der Waals surface area contributed by atoms with Gasteiger partial charge in [-0.1, -0.05) is 13.8 Å². The van der Waals surface area contributed by atoms with Gasteiger partial charge in [-0.25, -0.2) is 0 Å². The lowest BCUT2D eigenvalue weighted by Crippen LogP contribution is -2.38. The molecule has 0 unspecified atom stereocenters. The van der Waals surface area contributed by atoms with Crippen molar-refractivity contribution in [3.63, 3.8) is 0 Å². The average Bonchev–Trinajstić information content (AvgIpc) is 2.72. The van der Waals surface area contributed by atoms with Gasteiger partial charge in [-0.05, 0) is 98.9 Å². The van der Waals surface area contributed by atoms with Crippen molar-refractivity contribution in [2.24, 2.45) is 0 Å². The Morgan fingerprint density at radius 3 is 1.41 bits per heavy atom. The third-order valence-electron chi connectivity index (χ3n) is 4.85. The van der Waals surface area contributed by atoms with Gasteiger partial charge in [-0.15, -0.1) is 0 Å². The molecule has 0 radical (unpaired) electrons. The zero-order valence-corrected chi connectivity index (χ0v) is 20.6. The van der Waals surface area contributed by atoms with Crippen LogP contribution in [0.4, 0.5) is 13.2 Å². The van der Waals surface area contributed by atoms with E-state index in [4.69, 9.17) is 5.11 Å². The molecule has 0 bridgehead atoms. The van der Waals surface area contributed by atoms with E-state index in [2.05, 4.69) is 21.7 Å². The highest BCUT2D eigenvalue weighted by molar-refractivity contribution is 5.81. The largest absolute Gasteiger partial charge is 0.481 e. The summed E-state index contributed by atoms with van der Waals surface area (Å²) in [6.45, 7) is 9.37. The van der Waals surface area contributed by atoms with Crippen molar-refractivity contribution in [1.29, 1.82) is 0 Å². The molecule has 1 amide bonds. The van der Waals surface area contributed by atoms with Gasteiger partial charge in [0.1, 0.15) is 0 Å². The summed E-state index contributed by atoms with van der Waals surface area (Å²) in [4.78, 5) is 27.7. The number of rotatable bonds is 18. The minimum absolute atomic E-state index is 0.0279. The number of carboxylic acids is 1. The van der Waals surface area contributed by atoms with Crippen LogP contribution < -0.4 is 5.32 Å². The van der Waals surface area contributed by atoms with Crippen molar-refractivity contribution in [3.8, 4) is 0 Å². The summed E-state index contributed by atoms with van der Waals surface area (Å²) in [6.07, 6.45) is 0.839. The zero-order chi connectivity index (χ0) is 25.0. The van der Waals surface area contributed by atoms with Gasteiger partial charge < -0.3 is 25.1 Å². The molecule has 0 aromatic heterocycles. The Bertz CT molecular complexity index is 480. The second-order valence-corrected chi connectivity index (χ2v) is 7.93. The molecule has 2 N–H and O–H groups in total. The van der Waals surface area contributed by atoms with Gasteiger partial charge in [0.15, 0.2) is 0 Å². The number of alkyl halides is 3. The second-order valence-electron chi connectivity index (χ2n) is 7.93. The van der Waals surface area contributed by atoms with Gasteiger partial charge in [-0.2, -0.15) is 13.2 Å². The molecule has 0 atom stereocenters. The summed E-state index contributed by atoms with van der Waals surface area (Å²) < 4.78 is 36.2. The van der Waals surface area contributed by atoms with Gasteiger partial charge >= 0.3 is 18.1 Å². The molecule has 32 heavy (non-hydrogen) atoms. The smallest absolute Gasteiger partial charge is 0.471 e. The molecular formula is C22H45F3N4O3. The van der Waals surface area contributed by atoms with Crippen molar-refractivity contribution < 1.29 is 27.9 Å². The van der Waals surface area contributed by atoms with Crippen LogP contribution in [0.1, 0.15) is 58.8 Å². The normalized spacial score (nSPS) is 11.6. The second kappa shape index (κ2) is 20.2. The number of carbonyl (C=O) groups is 2. The summed E-state index contributed by atoms with van der Waals surface area (Å²) in [5, 5.41) is 10.5. The first kappa shape index (κ1) is 32.8. The summed E-state index contributed by atoms with van der Waals surface area (Å²) in [6, 6.07) is 0. The number of carbonyl (C=O) groups excluding carboxylic acids is 1. The van der Waals surface area contributed by atoms with E-state index in [9.17, 15) is 22.8 Å². The Morgan fingerprint density at radius 2 is 1.06 bits per heavy atom. The van der Waals surface area contributed by atoms with E-state index in [0.717, 1.165) is 58.4 Å². The number of nitrogens with one attached hydrogen (secondary N) is 1. The lowest BCUT2D eigenvalue weighted by Gasteiger charge is -2.20. The topological polar surface area (TPSA) is 76.1 Å². The summed E-state index contributed by atoms with van der Waals surface area (Å²) in [7, 11) is 6.05. The fraction of sp³-hybridized carbons (Fsp3) is 0.909. The first-order chi connectivity index (χ1) is 15.0. The van der Waals surface area contributed by atoms with Crippen LogP contribution in [0, 0.1) is 0 Å². The molecular weight excluding hydrogens is 425 g/mol.